The lowest BCUT2D eigenvalue weighted by Crippen LogP contribution is -2.48. The van der Waals surface area contributed by atoms with Crippen molar-refractivity contribution in [1.29, 1.82) is 0 Å². The first-order valence-electron chi connectivity index (χ1n) is 10.4. The zero-order chi connectivity index (χ0) is 19.5. The maximum Gasteiger partial charge on any atom is 0.115 e. The number of aromatic hydroxyl groups is 2. The average Bonchev–Trinajstić information content (AvgIpc) is 2.98. The van der Waals surface area contributed by atoms with Crippen LogP contribution >= 0.6 is 11.8 Å². The minimum absolute atomic E-state index is 0.0311. The molecule has 0 bridgehead atoms. The van der Waals surface area contributed by atoms with Gasteiger partial charge in [0, 0.05) is 10.1 Å². The van der Waals surface area contributed by atoms with Crippen molar-refractivity contribution >= 4 is 11.8 Å². The van der Waals surface area contributed by atoms with Gasteiger partial charge in [-0.25, -0.2) is 0 Å². The van der Waals surface area contributed by atoms with Gasteiger partial charge in [0.1, 0.15) is 11.5 Å². The van der Waals surface area contributed by atoms with E-state index in [4.69, 9.17) is 0 Å². The molecule has 0 amide bonds. The molecule has 2 aromatic carbocycles. The Kier molecular flexibility index (Phi) is 4.40. The van der Waals surface area contributed by atoms with E-state index in [-0.39, 0.29) is 11.5 Å². The Morgan fingerprint density at radius 2 is 1.71 bits per heavy atom. The van der Waals surface area contributed by atoms with Crippen LogP contribution in [0.15, 0.2) is 47.4 Å². The number of hydrogen-bond acceptors (Lipinski definition) is 4. The van der Waals surface area contributed by atoms with Crippen molar-refractivity contribution in [3.8, 4) is 11.5 Å². The Morgan fingerprint density at radius 3 is 2.50 bits per heavy atom. The SMILES string of the molecule is C[C@]12CC[C@@H]3c4ccc(O)cc4CC(Sc4ccc(O)cc4)[C@H]3[C@@H]1CC[C@@H]2O. The Morgan fingerprint density at radius 1 is 0.964 bits per heavy atom. The molecule has 0 radical (unpaired) electrons. The van der Waals surface area contributed by atoms with Crippen molar-refractivity contribution in [1.82, 2.24) is 0 Å². The molecule has 3 aliphatic carbocycles. The van der Waals surface area contributed by atoms with Crippen molar-refractivity contribution in [2.24, 2.45) is 17.3 Å². The normalized spacial score (nSPS) is 36.4. The molecule has 0 spiro atoms. The summed E-state index contributed by atoms with van der Waals surface area (Å²) in [6.45, 7) is 2.31. The Labute approximate surface area is 170 Å². The summed E-state index contributed by atoms with van der Waals surface area (Å²) >= 11 is 1.90. The van der Waals surface area contributed by atoms with Gasteiger partial charge >= 0.3 is 0 Å². The van der Waals surface area contributed by atoms with E-state index in [0.717, 1.165) is 32.1 Å². The summed E-state index contributed by atoms with van der Waals surface area (Å²) < 4.78 is 0. The number of phenolic OH excluding ortho intramolecular Hbond substituents is 2. The van der Waals surface area contributed by atoms with Gasteiger partial charge in [-0.3, -0.25) is 0 Å². The van der Waals surface area contributed by atoms with Crippen molar-refractivity contribution in [3.63, 3.8) is 0 Å². The van der Waals surface area contributed by atoms with Crippen LogP contribution in [-0.4, -0.2) is 26.7 Å². The Bertz CT molecular complexity index is 880. The molecule has 0 saturated heterocycles. The van der Waals surface area contributed by atoms with Gasteiger partial charge in [0.05, 0.1) is 6.10 Å². The molecular formula is C24H28O3S. The Hall–Kier alpha value is -1.65. The first-order chi connectivity index (χ1) is 13.5. The minimum Gasteiger partial charge on any atom is -0.508 e. The van der Waals surface area contributed by atoms with Crippen molar-refractivity contribution < 1.29 is 15.3 Å². The largest absolute Gasteiger partial charge is 0.508 e. The fourth-order valence-electron chi connectivity index (χ4n) is 6.35. The second-order valence-corrected chi connectivity index (χ2v) is 10.5. The molecule has 28 heavy (non-hydrogen) atoms. The third-order valence-corrected chi connectivity index (χ3v) is 9.11. The van der Waals surface area contributed by atoms with E-state index in [1.165, 1.54) is 16.0 Å². The second kappa shape index (κ2) is 6.70. The van der Waals surface area contributed by atoms with E-state index < -0.39 is 0 Å². The zero-order valence-corrected chi connectivity index (χ0v) is 17.0. The molecule has 3 N–H and O–H groups in total. The average molecular weight is 397 g/mol. The molecule has 6 atom stereocenters. The molecule has 0 aromatic heterocycles. The predicted molar refractivity (Wildman–Crippen MR) is 112 cm³/mol. The van der Waals surface area contributed by atoms with Crippen LogP contribution in [0.1, 0.15) is 49.7 Å². The van der Waals surface area contributed by atoms with E-state index in [9.17, 15) is 15.3 Å². The molecule has 1 unspecified atom stereocenters. The molecular weight excluding hydrogens is 368 g/mol. The first kappa shape index (κ1) is 18.4. The van der Waals surface area contributed by atoms with Crippen LogP contribution in [0.4, 0.5) is 0 Å². The van der Waals surface area contributed by atoms with Crippen LogP contribution in [0.25, 0.3) is 0 Å². The summed E-state index contributed by atoms with van der Waals surface area (Å²) in [6.07, 6.45) is 4.98. The molecule has 0 aliphatic heterocycles. The third kappa shape index (κ3) is 2.84. The highest BCUT2D eigenvalue weighted by molar-refractivity contribution is 8.00. The van der Waals surface area contributed by atoms with E-state index in [2.05, 4.69) is 13.0 Å². The highest BCUT2D eigenvalue weighted by atomic mass is 32.2. The lowest BCUT2D eigenvalue weighted by Gasteiger charge is -2.52. The van der Waals surface area contributed by atoms with Crippen molar-refractivity contribution in [2.75, 3.05) is 0 Å². The summed E-state index contributed by atoms with van der Waals surface area (Å²) in [5.41, 5.74) is 2.72. The zero-order valence-electron chi connectivity index (χ0n) is 16.2. The molecule has 2 fully saturated rings. The minimum atomic E-state index is -0.181. The van der Waals surface area contributed by atoms with E-state index in [1.807, 2.05) is 36.0 Å². The molecule has 148 valence electrons. The quantitative estimate of drug-likeness (QED) is 0.662. The summed E-state index contributed by atoms with van der Waals surface area (Å²) in [5.74, 6) is 2.22. The lowest BCUT2D eigenvalue weighted by atomic mass is 9.55. The topological polar surface area (TPSA) is 60.7 Å². The molecule has 3 aliphatic rings. The monoisotopic (exact) mass is 396 g/mol. The molecule has 2 aromatic rings. The Balaban J connectivity index is 1.55. The van der Waals surface area contributed by atoms with Gasteiger partial charge in [-0.15, -0.1) is 11.8 Å². The number of aliphatic hydroxyl groups is 1. The van der Waals surface area contributed by atoms with Gasteiger partial charge in [0.25, 0.3) is 0 Å². The van der Waals surface area contributed by atoms with Gasteiger partial charge in [-0.1, -0.05) is 13.0 Å². The summed E-state index contributed by atoms with van der Waals surface area (Å²) in [6, 6.07) is 13.4. The van der Waals surface area contributed by atoms with Crippen molar-refractivity contribution in [3.05, 3.63) is 53.6 Å². The first-order valence-corrected chi connectivity index (χ1v) is 11.3. The molecule has 3 nitrogen and oxygen atoms in total. The van der Waals surface area contributed by atoms with Crippen LogP contribution in [0.5, 0.6) is 11.5 Å². The standard InChI is InChI=1S/C24H28O3S/c1-24-11-10-19-18-7-4-16(26)12-14(18)13-21(23(19)20(24)8-9-22(24)27)28-17-5-2-15(25)3-6-17/h2-7,12,19-23,25-27H,8-11,13H2,1H3/t19-,20+,21?,22+,23-,24+/m1/s1. The van der Waals surface area contributed by atoms with Gasteiger partial charge in [-0.05, 0) is 103 Å². The maximum absolute atomic E-state index is 10.7. The number of rotatable bonds is 2. The van der Waals surface area contributed by atoms with Gasteiger partial charge < -0.3 is 15.3 Å². The number of aliphatic hydroxyl groups excluding tert-OH is 1. The molecule has 5 rings (SSSR count). The number of fused-ring (bicyclic) bond motifs is 5. The van der Waals surface area contributed by atoms with Crippen LogP contribution in [0, 0.1) is 17.3 Å². The number of phenols is 2. The van der Waals surface area contributed by atoms with Gasteiger partial charge in [-0.2, -0.15) is 0 Å². The van der Waals surface area contributed by atoms with Crippen molar-refractivity contribution in [2.45, 2.75) is 61.2 Å². The third-order valence-electron chi connectivity index (χ3n) is 7.78. The van der Waals surface area contributed by atoms with E-state index in [1.54, 1.807) is 12.1 Å². The van der Waals surface area contributed by atoms with Crippen LogP contribution in [0.3, 0.4) is 0 Å². The summed E-state index contributed by atoms with van der Waals surface area (Å²) in [7, 11) is 0. The number of thioether (sulfide) groups is 1. The lowest BCUT2D eigenvalue weighted by molar-refractivity contribution is -0.0209. The summed E-state index contributed by atoms with van der Waals surface area (Å²) in [5, 5.41) is 30.8. The maximum atomic E-state index is 10.7. The van der Waals surface area contributed by atoms with E-state index in [0.29, 0.717) is 34.5 Å². The summed E-state index contributed by atoms with van der Waals surface area (Å²) in [4.78, 5) is 1.18. The predicted octanol–water partition coefficient (Wildman–Crippen LogP) is 5.09. The van der Waals surface area contributed by atoms with Gasteiger partial charge in [0.2, 0.25) is 0 Å². The van der Waals surface area contributed by atoms with E-state index >= 15 is 0 Å². The fraction of sp³-hybridized carbons (Fsp3) is 0.500. The van der Waals surface area contributed by atoms with Crippen LogP contribution in [-0.2, 0) is 6.42 Å². The smallest absolute Gasteiger partial charge is 0.115 e. The van der Waals surface area contributed by atoms with Gasteiger partial charge in [0.15, 0.2) is 0 Å². The van der Waals surface area contributed by atoms with Crippen LogP contribution in [0.2, 0.25) is 0 Å². The molecule has 0 heterocycles. The number of benzene rings is 2. The second-order valence-electron chi connectivity index (χ2n) is 9.17. The number of hydrogen-bond donors (Lipinski definition) is 3. The highest BCUT2D eigenvalue weighted by Crippen LogP contribution is 2.62. The highest BCUT2D eigenvalue weighted by Gasteiger charge is 2.56. The molecule has 2 saturated carbocycles. The van der Waals surface area contributed by atoms with Crippen LogP contribution < -0.4 is 0 Å². The fourth-order valence-corrected chi connectivity index (χ4v) is 7.79. The molecule has 4 heteroatoms.